The van der Waals surface area contributed by atoms with Gasteiger partial charge in [-0.1, -0.05) is 0 Å². The molecule has 0 bridgehead atoms. The number of aliphatic hydroxyl groups excluding tert-OH is 1. The highest BCUT2D eigenvalue weighted by molar-refractivity contribution is 7.21. The van der Waals surface area contributed by atoms with Gasteiger partial charge in [-0.3, -0.25) is 9.48 Å². The van der Waals surface area contributed by atoms with Crippen LogP contribution in [0.4, 0.5) is 5.69 Å². The first-order valence-electron chi connectivity index (χ1n) is 6.18. The normalized spacial score (nSPS) is 19.5. The van der Waals surface area contributed by atoms with Crippen LogP contribution in [-0.4, -0.2) is 44.9 Å². The number of hydrogen-bond donors (Lipinski definition) is 2. The summed E-state index contributed by atoms with van der Waals surface area (Å²) in [5, 5.41) is 14.7. The number of β-amino-alcohol motifs (C(OH)–C–C–N with tert-alkyl or cyclic N) is 1. The number of hydrogen-bond acceptors (Lipinski definition) is 5. The van der Waals surface area contributed by atoms with Crippen LogP contribution in [0.3, 0.4) is 0 Å². The quantitative estimate of drug-likeness (QED) is 0.806. The number of nitrogens with two attached hydrogens (primary N) is 1. The van der Waals surface area contributed by atoms with E-state index in [2.05, 4.69) is 5.10 Å². The van der Waals surface area contributed by atoms with E-state index < -0.39 is 6.10 Å². The minimum Gasteiger partial charge on any atom is -0.397 e. The molecule has 1 aliphatic heterocycles. The summed E-state index contributed by atoms with van der Waals surface area (Å²) in [4.78, 5) is 15.6. The number of nitrogen functional groups attached to an aromatic ring is 1. The van der Waals surface area contributed by atoms with Gasteiger partial charge in [-0.15, -0.1) is 11.3 Å². The molecule has 3 N–H and O–H groups in total. The third kappa shape index (κ3) is 1.81. The SMILES string of the molecule is Cc1nn(C)c2sc(C(=O)N3CCC(O)C3)c(N)c12. The fourth-order valence-electron chi connectivity index (χ4n) is 2.56. The lowest BCUT2D eigenvalue weighted by molar-refractivity contribution is 0.0770. The molecule has 102 valence electrons. The van der Waals surface area contributed by atoms with Crippen molar-refractivity contribution in [3.63, 3.8) is 0 Å². The number of rotatable bonds is 1. The fraction of sp³-hybridized carbons (Fsp3) is 0.500. The van der Waals surface area contributed by atoms with Gasteiger partial charge < -0.3 is 15.7 Å². The van der Waals surface area contributed by atoms with Crippen LogP contribution in [0.15, 0.2) is 0 Å². The van der Waals surface area contributed by atoms with Gasteiger partial charge in [0, 0.05) is 20.1 Å². The molecule has 7 heteroatoms. The number of likely N-dealkylation sites (tertiary alicyclic amines) is 1. The van der Waals surface area contributed by atoms with E-state index in [4.69, 9.17) is 5.73 Å². The molecule has 2 aromatic rings. The zero-order chi connectivity index (χ0) is 13.7. The Morgan fingerprint density at radius 2 is 2.32 bits per heavy atom. The van der Waals surface area contributed by atoms with Gasteiger partial charge in [-0.25, -0.2) is 0 Å². The molecule has 3 rings (SSSR count). The molecular formula is C12H16N4O2S. The van der Waals surface area contributed by atoms with E-state index in [-0.39, 0.29) is 5.91 Å². The zero-order valence-electron chi connectivity index (χ0n) is 10.9. The van der Waals surface area contributed by atoms with Crippen LogP contribution in [0.25, 0.3) is 10.2 Å². The van der Waals surface area contributed by atoms with Gasteiger partial charge in [0.15, 0.2) is 0 Å². The first-order valence-corrected chi connectivity index (χ1v) is 6.99. The first kappa shape index (κ1) is 12.4. The average Bonchev–Trinajstić information content (AvgIpc) is 2.98. The average molecular weight is 280 g/mol. The molecule has 0 spiro atoms. The van der Waals surface area contributed by atoms with E-state index >= 15 is 0 Å². The van der Waals surface area contributed by atoms with Crippen LogP contribution in [-0.2, 0) is 7.05 Å². The van der Waals surface area contributed by atoms with Crippen LogP contribution in [0.5, 0.6) is 0 Å². The van der Waals surface area contributed by atoms with Crippen molar-refractivity contribution >= 4 is 33.1 Å². The van der Waals surface area contributed by atoms with Gasteiger partial charge in [0.25, 0.3) is 5.91 Å². The van der Waals surface area contributed by atoms with Crippen LogP contribution >= 0.6 is 11.3 Å². The van der Waals surface area contributed by atoms with Crippen LogP contribution in [0, 0.1) is 6.92 Å². The van der Waals surface area contributed by atoms with Crippen LogP contribution in [0.1, 0.15) is 21.8 Å². The zero-order valence-corrected chi connectivity index (χ0v) is 11.7. The summed E-state index contributed by atoms with van der Waals surface area (Å²) in [5.74, 6) is -0.0883. The van der Waals surface area contributed by atoms with E-state index in [1.54, 1.807) is 9.58 Å². The van der Waals surface area contributed by atoms with Crippen LogP contribution < -0.4 is 5.73 Å². The summed E-state index contributed by atoms with van der Waals surface area (Å²) in [7, 11) is 1.85. The highest BCUT2D eigenvalue weighted by Gasteiger charge is 2.29. The molecule has 1 unspecified atom stereocenters. The molecule has 1 saturated heterocycles. The molecular weight excluding hydrogens is 264 g/mol. The molecule has 2 aromatic heterocycles. The Balaban J connectivity index is 2.03. The minimum atomic E-state index is -0.414. The van der Waals surface area contributed by atoms with Crippen molar-refractivity contribution in [1.82, 2.24) is 14.7 Å². The summed E-state index contributed by atoms with van der Waals surface area (Å²) in [6.45, 7) is 2.87. The number of carbonyl (C=O) groups is 1. The Labute approximate surface area is 114 Å². The summed E-state index contributed by atoms with van der Waals surface area (Å²) in [6, 6.07) is 0. The molecule has 0 aromatic carbocycles. The van der Waals surface area contributed by atoms with Gasteiger partial charge >= 0.3 is 0 Å². The van der Waals surface area contributed by atoms with Crippen molar-refractivity contribution in [1.29, 1.82) is 0 Å². The second-order valence-electron chi connectivity index (χ2n) is 4.93. The number of aliphatic hydroxyl groups is 1. The molecule has 3 heterocycles. The van der Waals surface area contributed by atoms with Crippen molar-refractivity contribution < 1.29 is 9.90 Å². The van der Waals surface area contributed by atoms with Crippen molar-refractivity contribution in [2.24, 2.45) is 7.05 Å². The minimum absolute atomic E-state index is 0.0883. The third-order valence-corrected chi connectivity index (χ3v) is 4.79. The maximum atomic E-state index is 12.4. The van der Waals surface area contributed by atoms with Gasteiger partial charge in [0.2, 0.25) is 0 Å². The lowest BCUT2D eigenvalue weighted by Crippen LogP contribution is -2.29. The molecule has 19 heavy (non-hydrogen) atoms. The van der Waals surface area contributed by atoms with Crippen molar-refractivity contribution in [3.8, 4) is 0 Å². The van der Waals surface area contributed by atoms with Gasteiger partial charge in [0.05, 0.1) is 22.9 Å². The second-order valence-corrected chi connectivity index (χ2v) is 5.93. The predicted molar refractivity (Wildman–Crippen MR) is 74.3 cm³/mol. The van der Waals surface area contributed by atoms with E-state index in [0.29, 0.717) is 30.1 Å². The van der Waals surface area contributed by atoms with E-state index in [9.17, 15) is 9.90 Å². The monoisotopic (exact) mass is 280 g/mol. The van der Waals surface area contributed by atoms with Crippen molar-refractivity contribution in [2.45, 2.75) is 19.4 Å². The van der Waals surface area contributed by atoms with E-state index in [1.165, 1.54) is 11.3 Å². The summed E-state index contributed by atoms with van der Waals surface area (Å²) in [6.07, 6.45) is 0.222. The predicted octanol–water partition coefficient (Wildman–Crippen LogP) is 0.732. The van der Waals surface area contributed by atoms with E-state index in [0.717, 1.165) is 15.9 Å². The number of amides is 1. The lowest BCUT2D eigenvalue weighted by Gasteiger charge is -2.14. The smallest absolute Gasteiger partial charge is 0.266 e. The van der Waals surface area contributed by atoms with Gasteiger partial charge in [0.1, 0.15) is 9.71 Å². The standard InChI is InChI=1S/C12H16N4O2S/c1-6-8-9(13)10(19-12(8)15(2)14-6)11(18)16-4-3-7(17)5-16/h7,17H,3-5,13H2,1-2H3. The highest BCUT2D eigenvalue weighted by atomic mass is 32.1. The maximum Gasteiger partial charge on any atom is 0.266 e. The topological polar surface area (TPSA) is 84.4 Å². The highest BCUT2D eigenvalue weighted by Crippen LogP contribution is 2.36. The number of fused-ring (bicyclic) bond motifs is 1. The summed E-state index contributed by atoms with van der Waals surface area (Å²) >= 11 is 1.37. The Kier molecular flexibility index (Phi) is 2.75. The number of thiophene rings is 1. The fourth-order valence-corrected chi connectivity index (χ4v) is 3.71. The molecule has 0 radical (unpaired) electrons. The Hall–Kier alpha value is -1.60. The molecule has 1 aliphatic rings. The van der Waals surface area contributed by atoms with Crippen molar-refractivity contribution in [2.75, 3.05) is 18.8 Å². The number of nitrogens with zero attached hydrogens (tertiary/aromatic N) is 3. The largest absolute Gasteiger partial charge is 0.397 e. The van der Waals surface area contributed by atoms with Crippen LogP contribution in [0.2, 0.25) is 0 Å². The summed E-state index contributed by atoms with van der Waals surface area (Å²) in [5.41, 5.74) is 7.45. The third-order valence-electron chi connectivity index (χ3n) is 3.53. The Morgan fingerprint density at radius 3 is 2.89 bits per heavy atom. The number of carbonyl (C=O) groups excluding carboxylic acids is 1. The number of aryl methyl sites for hydroxylation is 2. The second kappa shape index (κ2) is 4.21. The molecule has 0 saturated carbocycles. The lowest BCUT2D eigenvalue weighted by atomic mass is 10.2. The Morgan fingerprint density at radius 1 is 1.58 bits per heavy atom. The van der Waals surface area contributed by atoms with Gasteiger partial charge in [-0.05, 0) is 13.3 Å². The van der Waals surface area contributed by atoms with Crippen molar-refractivity contribution in [3.05, 3.63) is 10.6 Å². The number of anilines is 1. The van der Waals surface area contributed by atoms with Gasteiger partial charge in [-0.2, -0.15) is 5.10 Å². The molecule has 0 aliphatic carbocycles. The van der Waals surface area contributed by atoms with E-state index in [1.807, 2.05) is 14.0 Å². The Bertz CT molecular complexity index is 660. The number of aromatic nitrogens is 2. The molecule has 1 fully saturated rings. The molecule has 1 atom stereocenters. The summed E-state index contributed by atoms with van der Waals surface area (Å²) < 4.78 is 1.75. The molecule has 6 nitrogen and oxygen atoms in total. The maximum absolute atomic E-state index is 12.4. The molecule has 1 amide bonds. The first-order chi connectivity index (χ1) is 8.99.